The number of benzene rings is 1. The van der Waals surface area contributed by atoms with Gasteiger partial charge in [0.2, 0.25) is 5.91 Å². The topological polar surface area (TPSA) is 64.4 Å². The van der Waals surface area contributed by atoms with E-state index < -0.39 is 5.54 Å². The lowest BCUT2D eigenvalue weighted by atomic mass is 9.82. The first-order valence-electron chi connectivity index (χ1n) is 7.56. The molecule has 0 atom stereocenters. The summed E-state index contributed by atoms with van der Waals surface area (Å²) in [7, 11) is 0. The van der Waals surface area contributed by atoms with Crippen molar-refractivity contribution in [3.63, 3.8) is 0 Å². The number of hydrogen-bond donors (Lipinski definition) is 2. The van der Waals surface area contributed by atoms with Crippen LogP contribution in [0.25, 0.3) is 0 Å². The third-order valence-corrected chi connectivity index (χ3v) is 3.89. The second-order valence-electron chi connectivity index (χ2n) is 5.63. The summed E-state index contributed by atoms with van der Waals surface area (Å²) in [5.74, 6) is 0.296. The van der Waals surface area contributed by atoms with Crippen molar-refractivity contribution in [2.45, 2.75) is 44.1 Å². The van der Waals surface area contributed by atoms with Crippen molar-refractivity contribution < 1.29 is 13.9 Å². The van der Waals surface area contributed by atoms with E-state index in [1.54, 1.807) is 12.1 Å². The first kappa shape index (κ1) is 18.7. The van der Waals surface area contributed by atoms with Crippen molar-refractivity contribution in [1.82, 2.24) is 5.32 Å². The Morgan fingerprint density at radius 1 is 1.23 bits per heavy atom. The molecule has 0 heterocycles. The van der Waals surface area contributed by atoms with Gasteiger partial charge in [0.15, 0.2) is 0 Å². The molecule has 2 rings (SSSR count). The van der Waals surface area contributed by atoms with Crippen LogP contribution in [-0.2, 0) is 4.79 Å². The quantitative estimate of drug-likeness (QED) is 0.788. The number of nitrogens with two attached hydrogens (primary N) is 1. The Hall–Kier alpha value is -1.33. The summed E-state index contributed by atoms with van der Waals surface area (Å²) in [6, 6.07) is 5.90. The van der Waals surface area contributed by atoms with Gasteiger partial charge < -0.3 is 15.8 Å². The van der Waals surface area contributed by atoms with Gasteiger partial charge in [0.05, 0.1) is 12.1 Å². The van der Waals surface area contributed by atoms with E-state index in [4.69, 9.17) is 10.5 Å². The minimum absolute atomic E-state index is 0. The van der Waals surface area contributed by atoms with E-state index in [9.17, 15) is 9.18 Å². The van der Waals surface area contributed by atoms with E-state index in [0.717, 1.165) is 32.1 Å². The highest BCUT2D eigenvalue weighted by Crippen LogP contribution is 2.25. The van der Waals surface area contributed by atoms with Crippen LogP contribution in [0.1, 0.15) is 38.5 Å². The summed E-state index contributed by atoms with van der Waals surface area (Å²) in [6.07, 6.45) is 5.45. The van der Waals surface area contributed by atoms with Crippen LogP contribution in [0.15, 0.2) is 24.3 Å². The fourth-order valence-corrected chi connectivity index (χ4v) is 2.58. The second-order valence-corrected chi connectivity index (χ2v) is 5.63. The van der Waals surface area contributed by atoms with Crippen molar-refractivity contribution in [2.75, 3.05) is 13.2 Å². The average molecular weight is 331 g/mol. The molecule has 22 heavy (non-hydrogen) atoms. The Kier molecular flexibility index (Phi) is 7.62. The molecule has 1 aliphatic rings. The average Bonchev–Trinajstić information content (AvgIpc) is 2.49. The predicted molar refractivity (Wildman–Crippen MR) is 86.8 cm³/mol. The van der Waals surface area contributed by atoms with Crippen LogP contribution >= 0.6 is 12.4 Å². The van der Waals surface area contributed by atoms with Gasteiger partial charge in [-0.05, 0) is 43.5 Å². The molecule has 0 aromatic heterocycles. The lowest BCUT2D eigenvalue weighted by molar-refractivity contribution is -0.127. The van der Waals surface area contributed by atoms with Gasteiger partial charge >= 0.3 is 0 Å². The zero-order valence-corrected chi connectivity index (χ0v) is 13.5. The number of carbonyl (C=O) groups is 1. The van der Waals surface area contributed by atoms with Crippen LogP contribution < -0.4 is 15.8 Å². The zero-order chi connectivity index (χ0) is 15.1. The number of hydrogen-bond acceptors (Lipinski definition) is 3. The summed E-state index contributed by atoms with van der Waals surface area (Å²) >= 11 is 0. The molecule has 1 saturated carbocycles. The van der Waals surface area contributed by atoms with Gasteiger partial charge in [0.25, 0.3) is 0 Å². The van der Waals surface area contributed by atoms with Crippen LogP contribution in [0.2, 0.25) is 0 Å². The molecule has 124 valence electrons. The number of carbonyl (C=O) groups excluding carboxylic acids is 1. The van der Waals surface area contributed by atoms with Crippen LogP contribution in [0.4, 0.5) is 4.39 Å². The molecular formula is C16H24ClFN2O2. The van der Waals surface area contributed by atoms with Crippen LogP contribution in [0.3, 0.4) is 0 Å². The van der Waals surface area contributed by atoms with E-state index in [1.807, 2.05) is 0 Å². The van der Waals surface area contributed by atoms with Crippen molar-refractivity contribution in [1.29, 1.82) is 0 Å². The maximum absolute atomic E-state index is 12.7. The molecule has 1 aliphatic carbocycles. The fourth-order valence-electron chi connectivity index (χ4n) is 2.58. The number of nitrogens with one attached hydrogen (secondary N) is 1. The summed E-state index contributed by atoms with van der Waals surface area (Å²) in [5, 5.41) is 2.88. The highest BCUT2D eigenvalue weighted by molar-refractivity contribution is 5.86. The third kappa shape index (κ3) is 5.46. The lowest BCUT2D eigenvalue weighted by Gasteiger charge is -2.31. The fraction of sp³-hybridized carbons (Fsp3) is 0.562. The first-order valence-corrected chi connectivity index (χ1v) is 7.56. The molecule has 1 amide bonds. The minimum Gasteiger partial charge on any atom is -0.494 e. The second kappa shape index (κ2) is 8.96. The molecule has 6 heteroatoms. The van der Waals surface area contributed by atoms with Crippen molar-refractivity contribution in [3.05, 3.63) is 30.1 Å². The van der Waals surface area contributed by atoms with E-state index in [0.29, 0.717) is 25.3 Å². The van der Waals surface area contributed by atoms with Crippen LogP contribution in [0.5, 0.6) is 5.75 Å². The Morgan fingerprint density at radius 3 is 2.50 bits per heavy atom. The Labute approximate surface area is 137 Å². The van der Waals surface area contributed by atoms with E-state index >= 15 is 0 Å². The largest absolute Gasteiger partial charge is 0.494 e. The van der Waals surface area contributed by atoms with E-state index in [-0.39, 0.29) is 24.1 Å². The van der Waals surface area contributed by atoms with E-state index in [1.165, 1.54) is 12.1 Å². The molecule has 1 fully saturated rings. The number of rotatable bonds is 6. The first-order chi connectivity index (χ1) is 10.1. The molecule has 1 aromatic rings. The molecular weight excluding hydrogens is 307 g/mol. The number of amides is 1. The van der Waals surface area contributed by atoms with Gasteiger partial charge in [-0.15, -0.1) is 12.4 Å². The van der Waals surface area contributed by atoms with E-state index in [2.05, 4.69) is 5.32 Å². The number of ether oxygens (including phenoxy) is 1. The Morgan fingerprint density at radius 2 is 1.86 bits per heavy atom. The minimum atomic E-state index is -0.684. The maximum Gasteiger partial charge on any atom is 0.240 e. The summed E-state index contributed by atoms with van der Waals surface area (Å²) in [6.45, 7) is 1.02. The van der Waals surface area contributed by atoms with Gasteiger partial charge in [-0.25, -0.2) is 4.39 Å². The molecule has 0 saturated heterocycles. The van der Waals surface area contributed by atoms with Gasteiger partial charge in [0.1, 0.15) is 11.6 Å². The van der Waals surface area contributed by atoms with Crippen molar-refractivity contribution in [3.8, 4) is 5.75 Å². The lowest BCUT2D eigenvalue weighted by Crippen LogP contribution is -2.55. The third-order valence-electron chi connectivity index (χ3n) is 3.89. The maximum atomic E-state index is 12.7. The smallest absolute Gasteiger partial charge is 0.240 e. The van der Waals surface area contributed by atoms with Gasteiger partial charge in [-0.2, -0.15) is 0 Å². The summed E-state index contributed by atoms with van der Waals surface area (Å²) in [5.41, 5.74) is 5.46. The molecule has 0 bridgehead atoms. The monoisotopic (exact) mass is 330 g/mol. The Bertz CT molecular complexity index is 462. The highest BCUT2D eigenvalue weighted by atomic mass is 35.5. The summed E-state index contributed by atoms with van der Waals surface area (Å²) in [4.78, 5) is 12.1. The standard InChI is InChI=1S/C16H23FN2O2.ClH/c17-13-5-7-14(8-6-13)21-12-4-11-19-15(20)16(18)9-2-1-3-10-16;/h5-8H,1-4,9-12,18H2,(H,19,20);1H. The number of halogens is 2. The molecule has 0 unspecified atom stereocenters. The Balaban J connectivity index is 0.00000242. The molecule has 0 aliphatic heterocycles. The summed E-state index contributed by atoms with van der Waals surface area (Å²) < 4.78 is 18.2. The normalized spacial score (nSPS) is 16.5. The molecule has 4 nitrogen and oxygen atoms in total. The highest BCUT2D eigenvalue weighted by Gasteiger charge is 2.34. The predicted octanol–water partition coefficient (Wildman–Crippen LogP) is 2.79. The van der Waals surface area contributed by atoms with Gasteiger partial charge in [0, 0.05) is 6.54 Å². The van der Waals surface area contributed by atoms with Crippen LogP contribution in [0, 0.1) is 5.82 Å². The molecule has 3 N–H and O–H groups in total. The van der Waals surface area contributed by atoms with Gasteiger partial charge in [-0.1, -0.05) is 19.3 Å². The SMILES string of the molecule is Cl.NC1(C(=O)NCCCOc2ccc(F)cc2)CCCCC1. The van der Waals surface area contributed by atoms with Crippen molar-refractivity contribution in [2.24, 2.45) is 5.73 Å². The molecule has 0 radical (unpaired) electrons. The van der Waals surface area contributed by atoms with Crippen LogP contribution in [-0.4, -0.2) is 24.6 Å². The molecule has 0 spiro atoms. The molecule has 1 aromatic carbocycles. The van der Waals surface area contributed by atoms with Gasteiger partial charge in [-0.3, -0.25) is 4.79 Å². The zero-order valence-electron chi connectivity index (χ0n) is 12.6. The van der Waals surface area contributed by atoms with Crippen molar-refractivity contribution >= 4 is 18.3 Å².